The van der Waals surface area contributed by atoms with Crippen molar-refractivity contribution in [3.05, 3.63) is 206 Å². The smallest absolute Gasteiger partial charge is 0.164 e. The highest BCUT2D eigenvalue weighted by atomic mass is 16.3. The molecule has 11 aromatic carbocycles. The maximum absolute atomic E-state index is 6.80. The highest BCUT2D eigenvalue weighted by Gasteiger charge is 2.23. The zero-order chi connectivity index (χ0) is 41.9. The van der Waals surface area contributed by atoms with E-state index < -0.39 is 0 Å². The monoisotopic (exact) mass is 814 g/mol. The van der Waals surface area contributed by atoms with Gasteiger partial charge in [-0.25, -0.2) is 15.0 Å². The van der Waals surface area contributed by atoms with E-state index in [0.29, 0.717) is 17.5 Å². The predicted octanol–water partition coefficient (Wildman–Crippen LogP) is 15.6. The van der Waals surface area contributed by atoms with Gasteiger partial charge in [0.15, 0.2) is 17.5 Å². The van der Waals surface area contributed by atoms with Gasteiger partial charge in [0.1, 0.15) is 11.2 Å². The molecule has 0 unspecified atom stereocenters. The molecular weight excluding hydrogens is 781 g/mol. The minimum Gasteiger partial charge on any atom is -0.456 e. The maximum Gasteiger partial charge on any atom is 0.164 e. The number of benzene rings is 11. The molecule has 0 aliphatic carbocycles. The summed E-state index contributed by atoms with van der Waals surface area (Å²) in [7, 11) is 0. The number of furan rings is 1. The molecule has 0 amide bonds. The molecule has 5 nitrogen and oxygen atoms in total. The summed E-state index contributed by atoms with van der Waals surface area (Å²) in [6, 6.07) is 73.3. The first kappa shape index (κ1) is 35.0. The predicted molar refractivity (Wildman–Crippen MR) is 265 cm³/mol. The van der Waals surface area contributed by atoms with Crippen LogP contribution in [0.2, 0.25) is 0 Å². The van der Waals surface area contributed by atoms with Crippen molar-refractivity contribution in [1.29, 1.82) is 0 Å². The second-order valence-corrected chi connectivity index (χ2v) is 16.7. The van der Waals surface area contributed by atoms with Gasteiger partial charge in [0.2, 0.25) is 0 Å². The Balaban J connectivity index is 1.12. The third kappa shape index (κ3) is 5.15. The third-order valence-electron chi connectivity index (χ3n) is 13.2. The minimum absolute atomic E-state index is 0.569. The number of rotatable bonds is 4. The number of fused-ring (bicyclic) bond motifs is 13. The number of aromatic nitrogens is 4. The van der Waals surface area contributed by atoms with Crippen molar-refractivity contribution in [1.82, 2.24) is 19.5 Å². The van der Waals surface area contributed by atoms with Crippen LogP contribution in [0.4, 0.5) is 0 Å². The van der Waals surface area contributed by atoms with E-state index in [9.17, 15) is 0 Å². The van der Waals surface area contributed by atoms with Gasteiger partial charge in [0.05, 0.1) is 16.7 Å². The Hall–Kier alpha value is -8.67. The van der Waals surface area contributed by atoms with Crippen molar-refractivity contribution in [3.8, 4) is 39.9 Å². The molecule has 0 N–H and O–H groups in total. The van der Waals surface area contributed by atoms with Gasteiger partial charge < -0.3 is 8.98 Å². The molecular formula is C59H34N4O. The molecule has 0 spiro atoms. The summed E-state index contributed by atoms with van der Waals surface area (Å²) >= 11 is 0. The Morgan fingerprint density at radius 1 is 0.297 bits per heavy atom. The van der Waals surface area contributed by atoms with Gasteiger partial charge in [-0.1, -0.05) is 158 Å². The van der Waals surface area contributed by atoms with Crippen LogP contribution in [0.1, 0.15) is 0 Å². The van der Waals surface area contributed by atoms with Crippen LogP contribution in [0, 0.1) is 0 Å². The summed E-state index contributed by atoms with van der Waals surface area (Å²) < 4.78 is 9.17. The lowest BCUT2D eigenvalue weighted by Crippen LogP contribution is -2.02. The summed E-state index contributed by atoms with van der Waals surface area (Å²) in [6.07, 6.45) is 0. The van der Waals surface area contributed by atoms with E-state index in [-0.39, 0.29) is 0 Å². The summed E-state index contributed by atoms with van der Waals surface area (Å²) in [5.74, 6) is 1.78. The standard InChI is InChI=1S/C59H34N4O/c1-2-16-36-32-53-48(29-35(36)15-1)46-25-11-13-27-52(46)63(53)39-33-51(56-47-26-12-14-28-54(47)64-55(56)34-39)59-61-57(49-30-37-17-3-5-19-40(37)42-21-7-9-23-44(42)49)60-58(62-59)50-31-38-18-4-6-20-41(38)43-22-8-10-24-45(43)50/h1-34H. The zero-order valence-electron chi connectivity index (χ0n) is 34.3. The van der Waals surface area contributed by atoms with E-state index in [1.807, 2.05) is 12.1 Å². The maximum atomic E-state index is 6.80. The fraction of sp³-hybridized carbons (Fsp3) is 0. The van der Waals surface area contributed by atoms with E-state index in [1.165, 1.54) is 32.3 Å². The molecule has 5 heteroatoms. The average molecular weight is 815 g/mol. The molecule has 3 heterocycles. The summed E-state index contributed by atoms with van der Waals surface area (Å²) in [5, 5.41) is 15.8. The number of hydrogen-bond acceptors (Lipinski definition) is 4. The minimum atomic E-state index is 0.569. The van der Waals surface area contributed by atoms with E-state index in [0.717, 1.165) is 87.7 Å². The lowest BCUT2D eigenvalue weighted by Gasteiger charge is -2.15. The number of para-hydroxylation sites is 2. The first-order valence-electron chi connectivity index (χ1n) is 21.7. The molecule has 0 aliphatic rings. The van der Waals surface area contributed by atoms with Crippen LogP contribution in [0.3, 0.4) is 0 Å². The van der Waals surface area contributed by atoms with Gasteiger partial charge >= 0.3 is 0 Å². The van der Waals surface area contributed by atoms with Crippen LogP contribution in [0.25, 0.3) is 137 Å². The molecule has 0 fully saturated rings. The van der Waals surface area contributed by atoms with Crippen LogP contribution in [0.5, 0.6) is 0 Å². The van der Waals surface area contributed by atoms with Crippen molar-refractivity contribution in [2.45, 2.75) is 0 Å². The van der Waals surface area contributed by atoms with Gasteiger partial charge in [-0.15, -0.1) is 0 Å². The lowest BCUT2D eigenvalue weighted by atomic mass is 9.96. The second kappa shape index (κ2) is 13.4. The quantitative estimate of drug-likeness (QED) is 0.166. The molecule has 0 saturated heterocycles. The van der Waals surface area contributed by atoms with E-state index >= 15 is 0 Å². The number of hydrogen-bond donors (Lipinski definition) is 0. The summed E-state index contributed by atoms with van der Waals surface area (Å²) in [6.45, 7) is 0. The van der Waals surface area contributed by atoms with Crippen molar-refractivity contribution in [2.75, 3.05) is 0 Å². The normalized spacial score (nSPS) is 12.1. The Labute approximate surface area is 366 Å². The third-order valence-corrected chi connectivity index (χ3v) is 13.2. The summed E-state index contributed by atoms with van der Waals surface area (Å²) in [5.41, 5.74) is 7.50. The SMILES string of the molecule is c1ccc2cc3c(cc2c1)c1ccccc1n3-c1cc(-c2nc(-c3cc4ccccc4c4ccccc34)nc(-c3cc4ccccc4c4ccccc34)n2)c2c(c1)oc1ccccc12. The fourth-order valence-corrected chi connectivity index (χ4v) is 10.3. The Morgan fingerprint density at radius 3 is 1.39 bits per heavy atom. The summed E-state index contributed by atoms with van der Waals surface area (Å²) in [4.78, 5) is 16.6. The van der Waals surface area contributed by atoms with Crippen molar-refractivity contribution in [3.63, 3.8) is 0 Å². The highest BCUT2D eigenvalue weighted by Crippen LogP contribution is 2.43. The molecule has 14 rings (SSSR count). The van der Waals surface area contributed by atoms with Gasteiger partial charge in [0.25, 0.3) is 0 Å². The van der Waals surface area contributed by atoms with Crippen LogP contribution < -0.4 is 0 Å². The van der Waals surface area contributed by atoms with E-state index in [2.05, 4.69) is 199 Å². The van der Waals surface area contributed by atoms with Crippen molar-refractivity contribution >= 4 is 97.6 Å². The first-order valence-corrected chi connectivity index (χ1v) is 21.7. The van der Waals surface area contributed by atoms with E-state index in [4.69, 9.17) is 19.4 Å². The second-order valence-electron chi connectivity index (χ2n) is 16.7. The van der Waals surface area contributed by atoms with Crippen molar-refractivity contribution < 1.29 is 4.42 Å². The fourth-order valence-electron chi connectivity index (χ4n) is 10.3. The van der Waals surface area contributed by atoms with Gasteiger partial charge in [0, 0.05) is 44.3 Å². The van der Waals surface area contributed by atoms with Crippen LogP contribution >= 0.6 is 0 Å². The highest BCUT2D eigenvalue weighted by molar-refractivity contribution is 6.18. The molecule has 14 aromatic rings. The Bertz CT molecular complexity index is 4140. The topological polar surface area (TPSA) is 56.7 Å². The molecule has 3 aromatic heterocycles. The molecule has 64 heavy (non-hydrogen) atoms. The molecule has 296 valence electrons. The molecule has 0 atom stereocenters. The Morgan fingerprint density at radius 2 is 0.766 bits per heavy atom. The molecule has 0 bridgehead atoms. The average Bonchev–Trinajstić information content (AvgIpc) is 3.90. The van der Waals surface area contributed by atoms with Crippen molar-refractivity contribution in [2.24, 2.45) is 0 Å². The van der Waals surface area contributed by atoms with E-state index in [1.54, 1.807) is 0 Å². The van der Waals surface area contributed by atoms with Gasteiger partial charge in [-0.05, 0) is 96.3 Å². The van der Waals surface area contributed by atoms with Gasteiger partial charge in [-0.3, -0.25) is 0 Å². The zero-order valence-corrected chi connectivity index (χ0v) is 34.3. The molecule has 0 radical (unpaired) electrons. The van der Waals surface area contributed by atoms with Crippen LogP contribution in [-0.2, 0) is 0 Å². The molecule has 0 aliphatic heterocycles. The lowest BCUT2D eigenvalue weighted by molar-refractivity contribution is 0.668. The largest absolute Gasteiger partial charge is 0.456 e. The van der Waals surface area contributed by atoms with Crippen LogP contribution in [-0.4, -0.2) is 19.5 Å². The Kier molecular flexibility index (Phi) is 7.33. The van der Waals surface area contributed by atoms with Crippen LogP contribution in [0.15, 0.2) is 211 Å². The number of nitrogens with zero attached hydrogens (tertiary/aromatic N) is 4. The first-order chi connectivity index (χ1) is 31.7. The molecule has 0 saturated carbocycles. The van der Waals surface area contributed by atoms with Gasteiger partial charge in [-0.2, -0.15) is 0 Å².